The largest absolute Gasteiger partial charge is 0.389 e. The van der Waals surface area contributed by atoms with E-state index in [0.29, 0.717) is 25.8 Å². The zero-order chi connectivity index (χ0) is 15.2. The van der Waals surface area contributed by atoms with Gasteiger partial charge < -0.3 is 19.3 Å². The van der Waals surface area contributed by atoms with E-state index in [2.05, 4.69) is 20.5 Å². The number of piperidine rings is 1. The summed E-state index contributed by atoms with van der Waals surface area (Å²) in [5.74, 6) is 0. The molecule has 1 unspecified atom stereocenters. The minimum Gasteiger partial charge on any atom is -0.389 e. The third-order valence-electron chi connectivity index (χ3n) is 4.11. The number of aliphatic hydroxyl groups is 1. The van der Waals surface area contributed by atoms with Crippen molar-refractivity contribution in [3.05, 3.63) is 41.1 Å². The summed E-state index contributed by atoms with van der Waals surface area (Å²) in [5, 5.41) is 12.1. The molecule has 2 aromatic rings. The van der Waals surface area contributed by atoms with Gasteiger partial charge in [-0.15, -0.1) is 11.3 Å². The number of ether oxygens (including phenoxy) is 1. The number of hydrogen-bond acceptors (Lipinski definition) is 5. The molecule has 1 N–H and O–H groups in total. The first-order chi connectivity index (χ1) is 10.8. The maximum atomic E-state index is 10.1. The Morgan fingerprint density at radius 1 is 1.41 bits per heavy atom. The Bertz CT molecular complexity index is 522. The number of thiophene rings is 1. The standard InChI is InChI=1S/C16H23N3O2S/c20-15(11-21-12-16-2-1-9-22-16)10-18-6-3-14(4-7-18)19-8-5-17-13-19/h1-2,5,8-9,13-15,20H,3-4,6-7,10-12H2. The minimum absolute atomic E-state index is 0.402. The molecule has 0 aromatic carbocycles. The van der Waals surface area contributed by atoms with Gasteiger partial charge in [0.05, 0.1) is 25.6 Å². The molecule has 6 heteroatoms. The van der Waals surface area contributed by atoms with Gasteiger partial charge in [0.15, 0.2) is 0 Å². The van der Waals surface area contributed by atoms with Crippen molar-refractivity contribution in [1.29, 1.82) is 0 Å². The van der Waals surface area contributed by atoms with Crippen LogP contribution in [0, 0.1) is 0 Å². The van der Waals surface area contributed by atoms with E-state index in [1.54, 1.807) is 11.3 Å². The molecule has 5 nitrogen and oxygen atoms in total. The second kappa shape index (κ2) is 7.87. The number of β-amino-alcohol motifs (C(OH)–C–C–N with tert-alkyl or cyclic N) is 1. The van der Waals surface area contributed by atoms with Crippen LogP contribution in [0.25, 0.3) is 0 Å². The number of aromatic nitrogens is 2. The molecule has 1 atom stereocenters. The molecule has 3 rings (SSSR count). The molecule has 2 aromatic heterocycles. The van der Waals surface area contributed by atoms with Crippen LogP contribution in [0.1, 0.15) is 23.8 Å². The second-order valence-corrected chi connectivity index (χ2v) is 6.82. The van der Waals surface area contributed by atoms with Gasteiger partial charge in [-0.1, -0.05) is 6.07 Å². The molecule has 0 aliphatic carbocycles. The lowest BCUT2D eigenvalue weighted by atomic mass is 10.0. The van der Waals surface area contributed by atoms with Gasteiger partial charge in [-0.3, -0.25) is 0 Å². The van der Waals surface area contributed by atoms with Crippen molar-refractivity contribution < 1.29 is 9.84 Å². The van der Waals surface area contributed by atoms with Crippen molar-refractivity contribution in [2.45, 2.75) is 31.6 Å². The van der Waals surface area contributed by atoms with Crippen molar-refractivity contribution in [3.8, 4) is 0 Å². The van der Waals surface area contributed by atoms with Gasteiger partial charge in [0.1, 0.15) is 0 Å². The smallest absolute Gasteiger partial charge is 0.0948 e. The van der Waals surface area contributed by atoms with E-state index in [4.69, 9.17) is 4.74 Å². The Hall–Kier alpha value is -1.21. The fraction of sp³-hybridized carbons (Fsp3) is 0.562. The predicted molar refractivity (Wildman–Crippen MR) is 86.9 cm³/mol. The van der Waals surface area contributed by atoms with Crippen LogP contribution in [-0.2, 0) is 11.3 Å². The van der Waals surface area contributed by atoms with Crippen molar-refractivity contribution >= 4 is 11.3 Å². The fourth-order valence-electron chi connectivity index (χ4n) is 2.93. The molecular formula is C16H23N3O2S. The van der Waals surface area contributed by atoms with Crippen LogP contribution in [0.4, 0.5) is 0 Å². The molecule has 22 heavy (non-hydrogen) atoms. The third kappa shape index (κ3) is 4.39. The Morgan fingerprint density at radius 3 is 2.95 bits per heavy atom. The van der Waals surface area contributed by atoms with E-state index in [1.807, 2.05) is 30.2 Å². The third-order valence-corrected chi connectivity index (χ3v) is 4.96. The molecule has 0 radical (unpaired) electrons. The van der Waals surface area contributed by atoms with E-state index in [-0.39, 0.29) is 0 Å². The fourth-order valence-corrected chi connectivity index (χ4v) is 3.57. The first kappa shape index (κ1) is 15.7. The Labute approximate surface area is 135 Å². The predicted octanol–water partition coefficient (Wildman–Crippen LogP) is 2.16. The van der Waals surface area contributed by atoms with E-state index in [9.17, 15) is 5.11 Å². The highest BCUT2D eigenvalue weighted by atomic mass is 32.1. The zero-order valence-corrected chi connectivity index (χ0v) is 13.5. The van der Waals surface area contributed by atoms with E-state index in [1.165, 1.54) is 4.88 Å². The van der Waals surface area contributed by atoms with E-state index in [0.717, 1.165) is 25.9 Å². The van der Waals surface area contributed by atoms with Gasteiger partial charge >= 0.3 is 0 Å². The average Bonchev–Trinajstić information content (AvgIpc) is 3.21. The summed E-state index contributed by atoms with van der Waals surface area (Å²) in [6.45, 7) is 3.73. The maximum Gasteiger partial charge on any atom is 0.0948 e. The highest BCUT2D eigenvalue weighted by molar-refractivity contribution is 7.09. The van der Waals surface area contributed by atoms with Gasteiger partial charge in [-0.2, -0.15) is 0 Å². The highest BCUT2D eigenvalue weighted by Gasteiger charge is 2.21. The van der Waals surface area contributed by atoms with Crippen LogP contribution >= 0.6 is 11.3 Å². The number of likely N-dealkylation sites (tertiary alicyclic amines) is 1. The second-order valence-electron chi connectivity index (χ2n) is 5.79. The molecule has 3 heterocycles. The molecule has 120 valence electrons. The summed E-state index contributed by atoms with van der Waals surface area (Å²) in [4.78, 5) is 7.64. The molecule has 0 spiro atoms. The van der Waals surface area contributed by atoms with Crippen molar-refractivity contribution in [2.24, 2.45) is 0 Å². The summed E-state index contributed by atoms with van der Waals surface area (Å²) >= 11 is 1.68. The molecule has 1 aliphatic heterocycles. The zero-order valence-electron chi connectivity index (χ0n) is 12.7. The number of hydrogen-bond donors (Lipinski definition) is 1. The van der Waals surface area contributed by atoms with Gasteiger partial charge in [0.2, 0.25) is 0 Å². The molecule has 0 bridgehead atoms. The summed E-state index contributed by atoms with van der Waals surface area (Å²) in [7, 11) is 0. The van der Waals surface area contributed by atoms with Crippen LogP contribution in [0.3, 0.4) is 0 Å². The summed E-state index contributed by atoms with van der Waals surface area (Å²) in [6, 6.07) is 4.62. The van der Waals surface area contributed by atoms with Gasteiger partial charge in [-0.05, 0) is 24.3 Å². The lowest BCUT2D eigenvalue weighted by Crippen LogP contribution is -2.40. The SMILES string of the molecule is OC(COCc1cccs1)CN1CCC(n2ccnc2)CC1. The average molecular weight is 321 g/mol. The van der Waals surface area contributed by atoms with Crippen molar-refractivity contribution in [3.63, 3.8) is 0 Å². The molecule has 1 fully saturated rings. The van der Waals surface area contributed by atoms with E-state index >= 15 is 0 Å². The minimum atomic E-state index is -0.412. The van der Waals surface area contributed by atoms with Crippen molar-refractivity contribution in [2.75, 3.05) is 26.2 Å². The first-order valence-electron chi connectivity index (χ1n) is 7.79. The van der Waals surface area contributed by atoms with Crippen LogP contribution in [0.15, 0.2) is 36.2 Å². The van der Waals surface area contributed by atoms with Gasteiger partial charge in [0, 0.05) is 42.9 Å². The molecule has 0 amide bonds. The number of aliphatic hydroxyl groups excluding tert-OH is 1. The Kier molecular flexibility index (Phi) is 5.61. The summed E-state index contributed by atoms with van der Waals surface area (Å²) in [6.07, 6.45) is 7.57. The summed E-state index contributed by atoms with van der Waals surface area (Å²) in [5.41, 5.74) is 0. The summed E-state index contributed by atoms with van der Waals surface area (Å²) < 4.78 is 7.78. The van der Waals surface area contributed by atoms with E-state index < -0.39 is 6.10 Å². The molecule has 0 saturated carbocycles. The number of rotatable bonds is 7. The van der Waals surface area contributed by atoms with Crippen LogP contribution in [0.2, 0.25) is 0 Å². The van der Waals surface area contributed by atoms with Gasteiger partial charge in [0.25, 0.3) is 0 Å². The lowest BCUT2D eigenvalue weighted by molar-refractivity contribution is 0.00558. The first-order valence-corrected chi connectivity index (χ1v) is 8.67. The lowest BCUT2D eigenvalue weighted by Gasteiger charge is -2.33. The number of nitrogens with zero attached hydrogens (tertiary/aromatic N) is 3. The molecule has 1 aliphatic rings. The Morgan fingerprint density at radius 2 is 2.27 bits per heavy atom. The normalized spacial score (nSPS) is 18.6. The van der Waals surface area contributed by atoms with Crippen LogP contribution in [0.5, 0.6) is 0 Å². The van der Waals surface area contributed by atoms with Crippen LogP contribution < -0.4 is 0 Å². The monoisotopic (exact) mass is 321 g/mol. The highest BCUT2D eigenvalue weighted by Crippen LogP contribution is 2.22. The maximum absolute atomic E-state index is 10.1. The molecular weight excluding hydrogens is 298 g/mol. The quantitative estimate of drug-likeness (QED) is 0.849. The Balaban J connectivity index is 1.33. The topological polar surface area (TPSA) is 50.5 Å². The number of imidazole rings is 1. The molecule has 1 saturated heterocycles. The van der Waals surface area contributed by atoms with Crippen LogP contribution in [-0.4, -0.2) is 51.9 Å². The van der Waals surface area contributed by atoms with Crippen molar-refractivity contribution in [1.82, 2.24) is 14.5 Å². The van der Waals surface area contributed by atoms with Gasteiger partial charge in [-0.25, -0.2) is 4.98 Å².